The second kappa shape index (κ2) is 10.7. The maximum atomic E-state index is 13.9. The fraction of sp³-hybridized carbons (Fsp3) is 0.250. The van der Waals surface area contributed by atoms with Crippen LogP contribution >= 0.6 is 15.9 Å². The fourth-order valence-electron chi connectivity index (χ4n) is 3.18. The molecule has 9 heteroatoms. The Bertz CT molecular complexity index is 1230. The molecule has 33 heavy (non-hydrogen) atoms. The van der Waals surface area contributed by atoms with Crippen LogP contribution in [0.4, 0.5) is 8.78 Å². The normalized spacial score (nSPS) is 11.0. The Morgan fingerprint density at radius 1 is 1.15 bits per heavy atom. The van der Waals surface area contributed by atoms with Crippen LogP contribution in [0.3, 0.4) is 0 Å². The van der Waals surface area contributed by atoms with Crippen molar-refractivity contribution in [2.75, 3.05) is 27.2 Å². The average molecular weight is 520 g/mol. The highest BCUT2D eigenvalue weighted by molar-refractivity contribution is 9.10. The van der Waals surface area contributed by atoms with Crippen LogP contribution in [0.2, 0.25) is 0 Å². The average Bonchev–Trinajstić information content (AvgIpc) is 2.76. The zero-order valence-corrected chi connectivity index (χ0v) is 20.1. The van der Waals surface area contributed by atoms with Crippen molar-refractivity contribution in [1.82, 2.24) is 14.8 Å². The molecule has 174 valence electrons. The minimum atomic E-state index is -0.725. The molecule has 0 saturated carbocycles. The summed E-state index contributed by atoms with van der Waals surface area (Å²) in [6.45, 7) is 2.76. The van der Waals surface area contributed by atoms with Crippen molar-refractivity contribution < 1.29 is 18.3 Å². The van der Waals surface area contributed by atoms with E-state index in [1.165, 1.54) is 10.6 Å². The first-order chi connectivity index (χ1) is 15.7. The maximum absolute atomic E-state index is 13.9. The van der Waals surface area contributed by atoms with E-state index < -0.39 is 17.2 Å². The molecular weight excluding hydrogens is 496 g/mol. The number of amides is 1. The molecule has 3 aromatic rings. The largest absolute Gasteiger partial charge is 0.487 e. The summed E-state index contributed by atoms with van der Waals surface area (Å²) >= 11 is 3.27. The molecule has 0 aliphatic carbocycles. The summed E-state index contributed by atoms with van der Waals surface area (Å²) in [5, 5.41) is 2.85. The van der Waals surface area contributed by atoms with E-state index >= 15 is 0 Å². The van der Waals surface area contributed by atoms with Gasteiger partial charge in [0.2, 0.25) is 0 Å². The number of carbonyl (C=O) groups is 1. The minimum absolute atomic E-state index is 0.149. The lowest BCUT2D eigenvalue weighted by atomic mass is 10.1. The van der Waals surface area contributed by atoms with Gasteiger partial charge < -0.3 is 15.0 Å². The number of carbonyl (C=O) groups excluding carboxylic acids is 1. The molecule has 1 N–H and O–H groups in total. The predicted octanol–water partition coefficient (Wildman–Crippen LogP) is 4.06. The van der Waals surface area contributed by atoms with Crippen molar-refractivity contribution in [1.29, 1.82) is 0 Å². The summed E-state index contributed by atoms with van der Waals surface area (Å²) < 4.78 is 34.2. The van der Waals surface area contributed by atoms with Crippen molar-refractivity contribution >= 4 is 21.8 Å². The Kier molecular flexibility index (Phi) is 7.99. The molecule has 1 amide bonds. The Morgan fingerprint density at radius 2 is 1.91 bits per heavy atom. The van der Waals surface area contributed by atoms with Gasteiger partial charge in [-0.15, -0.1) is 0 Å². The molecule has 0 saturated heterocycles. The third-order valence-corrected chi connectivity index (χ3v) is 5.64. The van der Waals surface area contributed by atoms with Crippen LogP contribution in [0.5, 0.6) is 5.75 Å². The summed E-state index contributed by atoms with van der Waals surface area (Å²) in [6.07, 6.45) is 0. The zero-order chi connectivity index (χ0) is 24.1. The van der Waals surface area contributed by atoms with E-state index in [0.29, 0.717) is 30.0 Å². The molecule has 0 atom stereocenters. The molecule has 3 rings (SSSR count). The van der Waals surface area contributed by atoms with Gasteiger partial charge in [0.25, 0.3) is 11.5 Å². The highest BCUT2D eigenvalue weighted by Gasteiger charge is 2.16. The van der Waals surface area contributed by atoms with E-state index in [1.807, 2.05) is 19.0 Å². The highest BCUT2D eigenvalue weighted by atomic mass is 79.9. The van der Waals surface area contributed by atoms with E-state index in [1.54, 1.807) is 37.3 Å². The van der Waals surface area contributed by atoms with Gasteiger partial charge in [-0.3, -0.25) is 14.2 Å². The molecule has 1 aromatic heterocycles. The monoisotopic (exact) mass is 519 g/mol. The molecule has 0 bridgehead atoms. The Morgan fingerprint density at radius 3 is 2.61 bits per heavy atom. The third-order valence-electron chi connectivity index (χ3n) is 4.91. The van der Waals surface area contributed by atoms with Gasteiger partial charge in [0.15, 0.2) is 0 Å². The van der Waals surface area contributed by atoms with E-state index in [2.05, 4.69) is 21.2 Å². The van der Waals surface area contributed by atoms with Crippen molar-refractivity contribution in [2.24, 2.45) is 0 Å². The first kappa shape index (κ1) is 24.6. The van der Waals surface area contributed by atoms with E-state index in [9.17, 15) is 18.4 Å². The molecule has 0 aliphatic rings. The number of likely N-dealkylation sites (N-methyl/N-ethyl adjacent to an activating group) is 1. The summed E-state index contributed by atoms with van der Waals surface area (Å²) in [5.74, 6) is -1.40. The van der Waals surface area contributed by atoms with Gasteiger partial charge in [0.1, 0.15) is 28.5 Å². The Hall–Kier alpha value is -3.04. The molecule has 0 fully saturated rings. The Balaban J connectivity index is 1.84. The number of halogens is 3. The van der Waals surface area contributed by atoms with Crippen LogP contribution in [-0.4, -0.2) is 42.6 Å². The standard InChI is InChI=1S/C24H24BrF2N3O3/c1-15-11-21(33-14-17-7-8-18(26)13-20(17)27)22(25)24(32)30(15)19-6-4-5-16(12-19)23(31)28-9-10-29(2)3/h4-8,11-13H,9-10,14H2,1-3H3,(H,28,31). The third kappa shape index (κ3) is 6.06. The van der Waals surface area contributed by atoms with E-state index in [-0.39, 0.29) is 28.3 Å². The van der Waals surface area contributed by atoms with Crippen LogP contribution in [0, 0.1) is 18.6 Å². The Labute approximate surface area is 198 Å². The number of hydrogen-bond acceptors (Lipinski definition) is 4. The molecule has 2 aromatic carbocycles. The number of ether oxygens (including phenoxy) is 1. The lowest BCUT2D eigenvalue weighted by molar-refractivity contribution is 0.0951. The number of rotatable bonds is 8. The number of nitrogens with zero attached hydrogens (tertiary/aromatic N) is 2. The van der Waals surface area contributed by atoms with E-state index in [0.717, 1.165) is 12.1 Å². The van der Waals surface area contributed by atoms with Crippen LogP contribution in [0.1, 0.15) is 21.6 Å². The SMILES string of the molecule is Cc1cc(OCc2ccc(F)cc2F)c(Br)c(=O)n1-c1cccc(C(=O)NCCN(C)C)c1. The van der Waals surface area contributed by atoms with Gasteiger partial charge in [-0.05, 0) is 67.3 Å². The molecule has 0 unspecified atom stereocenters. The number of nitrogens with one attached hydrogen (secondary N) is 1. The molecule has 1 heterocycles. The molecule has 6 nitrogen and oxygen atoms in total. The number of aromatic nitrogens is 1. The second-order valence-corrected chi connectivity index (χ2v) is 8.53. The van der Waals surface area contributed by atoms with Crippen molar-refractivity contribution in [2.45, 2.75) is 13.5 Å². The quantitative estimate of drug-likeness (QED) is 0.487. The van der Waals surface area contributed by atoms with Gasteiger partial charge in [-0.1, -0.05) is 6.07 Å². The number of pyridine rings is 1. The topological polar surface area (TPSA) is 63.6 Å². The number of hydrogen-bond donors (Lipinski definition) is 1. The van der Waals surface area contributed by atoms with Crippen LogP contribution in [-0.2, 0) is 6.61 Å². The maximum Gasteiger partial charge on any atom is 0.273 e. The van der Waals surface area contributed by atoms with Crippen molar-refractivity contribution in [3.63, 3.8) is 0 Å². The van der Waals surface area contributed by atoms with Crippen molar-refractivity contribution in [3.8, 4) is 11.4 Å². The lowest BCUT2D eigenvalue weighted by Gasteiger charge is -2.16. The molecule has 0 aliphatic heterocycles. The van der Waals surface area contributed by atoms with Crippen molar-refractivity contribution in [3.05, 3.63) is 91.8 Å². The number of benzene rings is 2. The minimum Gasteiger partial charge on any atom is -0.487 e. The molecular formula is C24H24BrF2N3O3. The lowest BCUT2D eigenvalue weighted by Crippen LogP contribution is -2.31. The highest BCUT2D eigenvalue weighted by Crippen LogP contribution is 2.25. The van der Waals surface area contributed by atoms with Crippen LogP contribution in [0.25, 0.3) is 5.69 Å². The first-order valence-electron chi connectivity index (χ1n) is 10.2. The predicted molar refractivity (Wildman–Crippen MR) is 126 cm³/mol. The molecule has 0 radical (unpaired) electrons. The van der Waals surface area contributed by atoms with Gasteiger partial charge in [0, 0.05) is 47.7 Å². The summed E-state index contributed by atoms with van der Waals surface area (Å²) in [5.41, 5.74) is 1.28. The van der Waals surface area contributed by atoms with Gasteiger partial charge in [-0.2, -0.15) is 0 Å². The summed E-state index contributed by atoms with van der Waals surface area (Å²) in [4.78, 5) is 27.5. The summed E-state index contributed by atoms with van der Waals surface area (Å²) in [7, 11) is 3.84. The van der Waals surface area contributed by atoms with Gasteiger partial charge in [0.05, 0.1) is 0 Å². The fourth-order valence-corrected chi connectivity index (χ4v) is 3.59. The van der Waals surface area contributed by atoms with Gasteiger partial charge >= 0.3 is 0 Å². The number of aryl methyl sites for hydroxylation is 1. The van der Waals surface area contributed by atoms with Crippen LogP contribution in [0.15, 0.2) is 57.8 Å². The zero-order valence-electron chi connectivity index (χ0n) is 18.5. The van der Waals surface area contributed by atoms with Gasteiger partial charge in [-0.25, -0.2) is 8.78 Å². The summed E-state index contributed by atoms with van der Waals surface area (Å²) in [6, 6.07) is 11.6. The van der Waals surface area contributed by atoms with E-state index in [4.69, 9.17) is 4.74 Å². The van der Waals surface area contributed by atoms with Crippen LogP contribution < -0.4 is 15.6 Å². The molecule has 0 spiro atoms. The smallest absolute Gasteiger partial charge is 0.273 e. The first-order valence-corrected chi connectivity index (χ1v) is 11.0. The second-order valence-electron chi connectivity index (χ2n) is 7.74.